The molecule has 0 aromatic rings. The Morgan fingerprint density at radius 1 is 0.571 bits per heavy atom. The van der Waals surface area contributed by atoms with Crippen LogP contribution in [0.5, 0.6) is 0 Å². The first-order chi connectivity index (χ1) is 13.6. The van der Waals surface area contributed by atoms with Crippen LogP contribution in [0.4, 0.5) is 0 Å². The van der Waals surface area contributed by atoms with Crippen molar-refractivity contribution in [2.45, 2.75) is 155 Å². The zero-order valence-corrected chi connectivity index (χ0v) is 19.5. The van der Waals surface area contributed by atoms with Crippen LogP contribution in [0.25, 0.3) is 0 Å². The van der Waals surface area contributed by atoms with E-state index >= 15 is 0 Å². The smallest absolute Gasteiger partial charge is 0.303 e. The van der Waals surface area contributed by atoms with E-state index in [0.29, 0.717) is 6.42 Å². The summed E-state index contributed by atoms with van der Waals surface area (Å²) < 4.78 is 0. The maximum Gasteiger partial charge on any atom is 0.303 e. The van der Waals surface area contributed by atoms with E-state index in [0.717, 1.165) is 25.7 Å². The second-order valence-electron chi connectivity index (χ2n) is 8.32. The first-order valence-corrected chi connectivity index (χ1v) is 12.5. The van der Waals surface area contributed by atoms with Crippen LogP contribution in [-0.4, -0.2) is 22.3 Å². The van der Waals surface area contributed by atoms with Crippen LogP contribution >= 0.6 is 0 Å². The van der Waals surface area contributed by atoms with Crippen molar-refractivity contribution in [1.82, 2.24) is 0 Å². The average molecular weight is 401 g/mol. The van der Waals surface area contributed by atoms with Gasteiger partial charge in [0.15, 0.2) is 0 Å². The summed E-state index contributed by atoms with van der Waals surface area (Å²) >= 11 is 0. The van der Waals surface area contributed by atoms with Crippen molar-refractivity contribution in [3.05, 3.63) is 0 Å². The molecule has 0 aromatic carbocycles. The first-order valence-electron chi connectivity index (χ1n) is 12.5. The van der Waals surface area contributed by atoms with Gasteiger partial charge in [0, 0.05) is 6.42 Å². The highest BCUT2D eigenvalue weighted by Crippen LogP contribution is 2.14. The number of aliphatic hydroxyl groups excluding tert-OH is 1. The molecule has 0 aliphatic heterocycles. The molecule has 0 amide bonds. The molecule has 1 unspecified atom stereocenters. The minimum absolute atomic E-state index is 0.0271. The first kappa shape index (κ1) is 29.6. The summed E-state index contributed by atoms with van der Waals surface area (Å²) in [6, 6.07) is 0. The summed E-state index contributed by atoms with van der Waals surface area (Å²) in [6.07, 6.45) is 24.4. The molecule has 2 N–H and O–H groups in total. The molecule has 0 saturated carbocycles. The molecule has 0 bridgehead atoms. The molecule has 0 fully saturated rings. The SMILES string of the molecule is CCCCC(=O)O.CCCCCCCCCCCC(O)CCCCCCCC. The maximum atomic E-state index is 9.95. The van der Waals surface area contributed by atoms with E-state index in [1.165, 1.54) is 96.3 Å². The van der Waals surface area contributed by atoms with Gasteiger partial charge in [-0.1, -0.05) is 124 Å². The number of aliphatic carboxylic acids is 1. The molecule has 3 heteroatoms. The van der Waals surface area contributed by atoms with Gasteiger partial charge in [0.2, 0.25) is 0 Å². The van der Waals surface area contributed by atoms with Crippen LogP contribution in [0.2, 0.25) is 0 Å². The lowest BCUT2D eigenvalue weighted by Gasteiger charge is -2.10. The summed E-state index contributed by atoms with van der Waals surface area (Å²) in [5.41, 5.74) is 0. The number of hydrogen-bond acceptors (Lipinski definition) is 2. The van der Waals surface area contributed by atoms with Gasteiger partial charge in [-0.2, -0.15) is 0 Å². The summed E-state index contributed by atoms with van der Waals surface area (Å²) in [6.45, 7) is 6.51. The van der Waals surface area contributed by atoms with Crippen molar-refractivity contribution in [3.63, 3.8) is 0 Å². The van der Waals surface area contributed by atoms with E-state index in [4.69, 9.17) is 5.11 Å². The Labute approximate surface area is 176 Å². The van der Waals surface area contributed by atoms with E-state index in [9.17, 15) is 9.90 Å². The van der Waals surface area contributed by atoms with Crippen molar-refractivity contribution in [3.8, 4) is 0 Å². The Morgan fingerprint density at radius 3 is 1.18 bits per heavy atom. The number of hydrogen-bond donors (Lipinski definition) is 2. The maximum absolute atomic E-state index is 9.95. The van der Waals surface area contributed by atoms with Gasteiger partial charge in [0.1, 0.15) is 0 Å². The van der Waals surface area contributed by atoms with Gasteiger partial charge >= 0.3 is 5.97 Å². The minimum Gasteiger partial charge on any atom is -0.481 e. The van der Waals surface area contributed by atoms with Crippen LogP contribution in [-0.2, 0) is 4.79 Å². The third kappa shape index (κ3) is 30.2. The zero-order valence-electron chi connectivity index (χ0n) is 19.5. The van der Waals surface area contributed by atoms with Gasteiger partial charge in [-0.15, -0.1) is 0 Å². The van der Waals surface area contributed by atoms with Gasteiger partial charge in [-0.05, 0) is 19.3 Å². The fourth-order valence-electron chi connectivity index (χ4n) is 3.32. The van der Waals surface area contributed by atoms with Crippen LogP contribution in [0.1, 0.15) is 149 Å². The van der Waals surface area contributed by atoms with Crippen LogP contribution in [0, 0.1) is 0 Å². The molecular formula is C25H52O3. The molecule has 0 rings (SSSR count). The lowest BCUT2D eigenvalue weighted by Crippen LogP contribution is -2.05. The number of aliphatic hydroxyl groups is 1. The summed E-state index contributed by atoms with van der Waals surface area (Å²) in [4.78, 5) is 9.76. The Kier molecular flexibility index (Phi) is 28.0. The highest BCUT2D eigenvalue weighted by atomic mass is 16.4. The van der Waals surface area contributed by atoms with E-state index in [-0.39, 0.29) is 6.10 Å². The second kappa shape index (κ2) is 26.4. The molecule has 170 valence electrons. The van der Waals surface area contributed by atoms with Gasteiger partial charge in [-0.25, -0.2) is 0 Å². The fourth-order valence-corrected chi connectivity index (χ4v) is 3.32. The summed E-state index contributed by atoms with van der Waals surface area (Å²) in [5, 5.41) is 18.0. The van der Waals surface area contributed by atoms with Gasteiger partial charge < -0.3 is 10.2 Å². The predicted molar refractivity (Wildman–Crippen MR) is 123 cm³/mol. The van der Waals surface area contributed by atoms with E-state index in [2.05, 4.69) is 13.8 Å². The van der Waals surface area contributed by atoms with Crippen molar-refractivity contribution in [2.75, 3.05) is 0 Å². The predicted octanol–water partition coefficient (Wildman–Crippen LogP) is 8.28. The number of carbonyl (C=O) groups is 1. The molecule has 0 aliphatic carbocycles. The van der Waals surface area contributed by atoms with Crippen molar-refractivity contribution >= 4 is 5.97 Å². The molecule has 0 heterocycles. The Bertz CT molecular complexity index is 292. The molecule has 28 heavy (non-hydrogen) atoms. The van der Waals surface area contributed by atoms with Crippen molar-refractivity contribution < 1.29 is 15.0 Å². The van der Waals surface area contributed by atoms with Crippen molar-refractivity contribution in [1.29, 1.82) is 0 Å². The highest BCUT2D eigenvalue weighted by Gasteiger charge is 2.03. The van der Waals surface area contributed by atoms with Crippen LogP contribution < -0.4 is 0 Å². The minimum atomic E-state index is -0.693. The molecule has 3 nitrogen and oxygen atoms in total. The third-order valence-electron chi connectivity index (χ3n) is 5.28. The molecular weight excluding hydrogens is 348 g/mol. The van der Waals surface area contributed by atoms with E-state index in [1.54, 1.807) is 0 Å². The fraction of sp³-hybridized carbons (Fsp3) is 0.960. The Morgan fingerprint density at radius 2 is 0.893 bits per heavy atom. The molecule has 1 atom stereocenters. The average Bonchev–Trinajstić information content (AvgIpc) is 2.68. The topological polar surface area (TPSA) is 57.5 Å². The molecule has 0 aliphatic rings. The third-order valence-corrected chi connectivity index (χ3v) is 5.28. The van der Waals surface area contributed by atoms with Gasteiger partial charge in [0.25, 0.3) is 0 Å². The van der Waals surface area contributed by atoms with Crippen LogP contribution in [0.3, 0.4) is 0 Å². The number of carboxylic acids is 1. The molecule has 0 spiro atoms. The second-order valence-corrected chi connectivity index (χ2v) is 8.32. The zero-order chi connectivity index (χ0) is 21.3. The lowest BCUT2D eigenvalue weighted by molar-refractivity contribution is -0.137. The quantitative estimate of drug-likeness (QED) is 0.202. The monoisotopic (exact) mass is 400 g/mol. The Hall–Kier alpha value is -0.570. The van der Waals surface area contributed by atoms with E-state index < -0.39 is 5.97 Å². The number of unbranched alkanes of at least 4 members (excludes halogenated alkanes) is 14. The summed E-state index contributed by atoms with van der Waals surface area (Å²) in [7, 11) is 0. The molecule has 0 aromatic heterocycles. The molecule has 0 radical (unpaired) electrons. The Balaban J connectivity index is 0. The van der Waals surface area contributed by atoms with Crippen LogP contribution in [0.15, 0.2) is 0 Å². The van der Waals surface area contributed by atoms with Gasteiger partial charge in [-0.3, -0.25) is 4.79 Å². The lowest BCUT2D eigenvalue weighted by atomic mass is 10.0. The number of rotatable bonds is 20. The van der Waals surface area contributed by atoms with Gasteiger partial charge in [0.05, 0.1) is 6.10 Å². The molecule has 0 saturated heterocycles. The summed E-state index contributed by atoms with van der Waals surface area (Å²) in [5.74, 6) is -0.693. The standard InChI is InChI=1S/C20H42O.C5H10O2/c1-3-5-7-9-11-12-13-15-17-19-20(21)18-16-14-10-8-6-4-2;1-2-3-4-5(6)7/h20-21H,3-19H2,1-2H3;2-4H2,1H3,(H,6,7). The van der Waals surface area contributed by atoms with E-state index in [1.807, 2.05) is 6.92 Å². The normalized spacial score (nSPS) is 11.7. The number of carboxylic acid groups (broad SMARTS) is 1. The highest BCUT2D eigenvalue weighted by molar-refractivity contribution is 5.66. The largest absolute Gasteiger partial charge is 0.481 e. The van der Waals surface area contributed by atoms with Crippen molar-refractivity contribution in [2.24, 2.45) is 0 Å².